The SMILES string of the molecule is Cc1ccccc1-c1cccc2c(CCCOc3ccc4c5c3CCCN5CCC4)c(C(=O)O)[nH]c12. The zero-order chi connectivity index (χ0) is 24.6. The Morgan fingerprint density at radius 2 is 1.81 bits per heavy atom. The second-order valence-corrected chi connectivity index (χ2v) is 10.0. The number of carbonyl (C=O) groups is 1. The maximum atomic E-state index is 12.2. The molecule has 1 aromatic heterocycles. The van der Waals surface area contributed by atoms with Gasteiger partial charge < -0.3 is 19.7 Å². The highest BCUT2D eigenvalue weighted by molar-refractivity contribution is 6.03. The van der Waals surface area contributed by atoms with Gasteiger partial charge in [0.15, 0.2) is 0 Å². The number of para-hydroxylation sites is 1. The van der Waals surface area contributed by atoms with Crippen molar-refractivity contribution in [1.29, 1.82) is 0 Å². The molecule has 3 aromatic carbocycles. The lowest BCUT2D eigenvalue weighted by Crippen LogP contribution is -2.34. The molecule has 0 spiro atoms. The molecule has 0 unspecified atom stereocenters. The van der Waals surface area contributed by atoms with Gasteiger partial charge in [-0.2, -0.15) is 0 Å². The van der Waals surface area contributed by atoms with Gasteiger partial charge in [-0.15, -0.1) is 0 Å². The third kappa shape index (κ3) is 3.93. The zero-order valence-electron chi connectivity index (χ0n) is 20.8. The van der Waals surface area contributed by atoms with Crippen molar-refractivity contribution in [2.45, 2.75) is 45.4 Å². The van der Waals surface area contributed by atoms with Crippen LogP contribution in [-0.4, -0.2) is 35.8 Å². The normalized spacial score (nSPS) is 14.6. The Balaban J connectivity index is 1.24. The van der Waals surface area contributed by atoms with Gasteiger partial charge in [0.25, 0.3) is 0 Å². The minimum atomic E-state index is -0.919. The van der Waals surface area contributed by atoms with E-state index in [-0.39, 0.29) is 5.69 Å². The molecule has 184 valence electrons. The number of rotatable bonds is 7. The topological polar surface area (TPSA) is 65.6 Å². The van der Waals surface area contributed by atoms with Crippen molar-refractivity contribution in [2.75, 3.05) is 24.6 Å². The molecule has 0 atom stereocenters. The maximum absolute atomic E-state index is 12.2. The minimum absolute atomic E-state index is 0.283. The zero-order valence-corrected chi connectivity index (χ0v) is 20.8. The predicted molar refractivity (Wildman–Crippen MR) is 145 cm³/mol. The molecular formula is C31H32N2O3. The number of fused-ring (bicyclic) bond motifs is 1. The van der Waals surface area contributed by atoms with Gasteiger partial charge in [0.2, 0.25) is 0 Å². The van der Waals surface area contributed by atoms with E-state index in [1.807, 2.05) is 24.3 Å². The fourth-order valence-electron chi connectivity index (χ4n) is 6.13. The highest BCUT2D eigenvalue weighted by atomic mass is 16.5. The summed E-state index contributed by atoms with van der Waals surface area (Å²) < 4.78 is 6.31. The Bertz CT molecular complexity index is 1450. The Kier molecular flexibility index (Phi) is 5.92. The van der Waals surface area contributed by atoms with E-state index >= 15 is 0 Å². The molecule has 0 aliphatic carbocycles. The molecule has 5 heteroatoms. The van der Waals surface area contributed by atoms with Crippen LogP contribution < -0.4 is 9.64 Å². The summed E-state index contributed by atoms with van der Waals surface area (Å²) in [6.45, 7) is 4.94. The van der Waals surface area contributed by atoms with Crippen LogP contribution in [0.3, 0.4) is 0 Å². The van der Waals surface area contributed by atoms with Crippen molar-refractivity contribution in [2.24, 2.45) is 0 Å². The van der Waals surface area contributed by atoms with E-state index in [9.17, 15) is 9.90 Å². The lowest BCUT2D eigenvalue weighted by Gasteiger charge is -2.37. The molecule has 2 aliphatic heterocycles. The van der Waals surface area contributed by atoms with E-state index in [0.717, 1.165) is 65.7 Å². The number of anilines is 1. The Hall–Kier alpha value is -3.73. The lowest BCUT2D eigenvalue weighted by atomic mass is 9.91. The molecule has 4 aromatic rings. The number of aryl methyl sites for hydroxylation is 3. The highest BCUT2D eigenvalue weighted by Crippen LogP contribution is 2.40. The van der Waals surface area contributed by atoms with Gasteiger partial charge in [-0.3, -0.25) is 0 Å². The molecule has 0 saturated carbocycles. The van der Waals surface area contributed by atoms with Crippen LogP contribution >= 0.6 is 0 Å². The molecular weight excluding hydrogens is 448 g/mol. The molecule has 0 bridgehead atoms. The second kappa shape index (κ2) is 9.38. The van der Waals surface area contributed by atoms with Gasteiger partial charge in [0.05, 0.1) is 12.1 Å². The summed E-state index contributed by atoms with van der Waals surface area (Å²) in [4.78, 5) is 17.9. The number of benzene rings is 3. The van der Waals surface area contributed by atoms with Crippen LogP contribution in [0.4, 0.5) is 5.69 Å². The molecule has 0 fully saturated rings. The number of aromatic amines is 1. The van der Waals surface area contributed by atoms with Crippen LogP contribution in [0.25, 0.3) is 22.0 Å². The molecule has 2 N–H and O–H groups in total. The van der Waals surface area contributed by atoms with Crippen molar-refractivity contribution in [1.82, 2.24) is 4.98 Å². The molecule has 0 amide bonds. The number of carboxylic acid groups (broad SMARTS) is 1. The van der Waals surface area contributed by atoms with Crippen molar-refractivity contribution >= 4 is 22.6 Å². The maximum Gasteiger partial charge on any atom is 0.352 e. The molecule has 0 saturated heterocycles. The van der Waals surface area contributed by atoms with Crippen LogP contribution in [0.15, 0.2) is 54.6 Å². The molecule has 36 heavy (non-hydrogen) atoms. The number of nitrogens with one attached hydrogen (secondary N) is 1. The second-order valence-electron chi connectivity index (χ2n) is 10.0. The molecule has 3 heterocycles. The van der Waals surface area contributed by atoms with Crippen LogP contribution in [0.1, 0.15) is 52.0 Å². The van der Waals surface area contributed by atoms with E-state index in [0.29, 0.717) is 13.0 Å². The number of aromatic nitrogens is 1. The van der Waals surface area contributed by atoms with Crippen LogP contribution in [0.5, 0.6) is 5.75 Å². The number of hydrogen-bond acceptors (Lipinski definition) is 3. The summed E-state index contributed by atoms with van der Waals surface area (Å²) in [6, 6.07) is 18.7. The number of hydrogen-bond donors (Lipinski definition) is 2. The van der Waals surface area contributed by atoms with Gasteiger partial charge in [0, 0.05) is 35.3 Å². The van der Waals surface area contributed by atoms with Crippen molar-refractivity contribution < 1.29 is 14.6 Å². The third-order valence-corrected chi connectivity index (χ3v) is 7.79. The van der Waals surface area contributed by atoms with Crippen molar-refractivity contribution in [3.63, 3.8) is 0 Å². The smallest absolute Gasteiger partial charge is 0.352 e. The summed E-state index contributed by atoms with van der Waals surface area (Å²) in [5, 5.41) is 10.9. The van der Waals surface area contributed by atoms with Crippen molar-refractivity contribution in [3.8, 4) is 16.9 Å². The fourth-order valence-corrected chi connectivity index (χ4v) is 6.13. The first-order valence-electron chi connectivity index (χ1n) is 13.1. The third-order valence-electron chi connectivity index (χ3n) is 7.79. The van der Waals surface area contributed by atoms with E-state index in [4.69, 9.17) is 4.74 Å². The first-order valence-corrected chi connectivity index (χ1v) is 13.1. The van der Waals surface area contributed by atoms with E-state index in [2.05, 4.69) is 47.1 Å². The first-order chi connectivity index (χ1) is 17.6. The number of carboxylic acids is 1. The average molecular weight is 481 g/mol. The van der Waals surface area contributed by atoms with Crippen LogP contribution in [0.2, 0.25) is 0 Å². The summed E-state index contributed by atoms with van der Waals surface area (Å²) in [7, 11) is 0. The number of aromatic carboxylic acids is 1. The van der Waals surface area contributed by atoms with Crippen LogP contribution in [0, 0.1) is 6.92 Å². The summed E-state index contributed by atoms with van der Waals surface area (Å²) in [6.07, 6.45) is 6.03. The van der Waals surface area contributed by atoms with Gasteiger partial charge in [0.1, 0.15) is 11.4 Å². The monoisotopic (exact) mass is 480 g/mol. The quantitative estimate of drug-likeness (QED) is 0.294. The van der Waals surface area contributed by atoms with E-state index in [1.165, 1.54) is 35.2 Å². The Morgan fingerprint density at radius 1 is 1.00 bits per heavy atom. The van der Waals surface area contributed by atoms with Gasteiger partial charge in [-0.1, -0.05) is 48.5 Å². The number of ether oxygens (including phenoxy) is 1. The molecule has 5 nitrogen and oxygen atoms in total. The minimum Gasteiger partial charge on any atom is -0.493 e. The molecule has 2 aliphatic rings. The summed E-state index contributed by atoms with van der Waals surface area (Å²) in [5.74, 6) is 0.0802. The highest BCUT2D eigenvalue weighted by Gasteiger charge is 2.26. The van der Waals surface area contributed by atoms with E-state index in [1.54, 1.807) is 0 Å². The van der Waals surface area contributed by atoms with E-state index < -0.39 is 5.97 Å². The summed E-state index contributed by atoms with van der Waals surface area (Å²) >= 11 is 0. The van der Waals surface area contributed by atoms with Crippen LogP contribution in [-0.2, 0) is 19.3 Å². The largest absolute Gasteiger partial charge is 0.493 e. The standard InChI is InChI=1S/C31H32N2O3/c1-20-8-2-3-10-22(20)23-11-4-12-24-25(29(31(34)35)32-28(23)24)14-7-19-36-27-16-15-21-9-5-17-33-18-6-13-26(27)30(21)33/h2-4,8,10-12,15-16,32H,5-7,9,13-14,17-19H2,1H3,(H,34,35). The molecule has 6 rings (SSSR count). The first kappa shape index (κ1) is 22.7. The van der Waals surface area contributed by atoms with Gasteiger partial charge in [-0.05, 0) is 73.8 Å². The summed E-state index contributed by atoms with van der Waals surface area (Å²) in [5.41, 5.74) is 9.58. The fraction of sp³-hybridized carbons (Fsp3) is 0.323. The predicted octanol–water partition coefficient (Wildman–Crippen LogP) is 6.55. The number of H-pyrrole nitrogens is 1. The Labute approximate surface area is 211 Å². The lowest BCUT2D eigenvalue weighted by molar-refractivity contribution is 0.0690. The molecule has 0 radical (unpaired) electrons. The Morgan fingerprint density at radius 3 is 2.64 bits per heavy atom. The van der Waals surface area contributed by atoms with Gasteiger partial charge in [-0.25, -0.2) is 4.79 Å². The van der Waals surface area contributed by atoms with Crippen molar-refractivity contribution in [3.05, 3.63) is 82.5 Å². The average Bonchev–Trinajstić information content (AvgIpc) is 3.27. The number of nitrogens with zero attached hydrogens (tertiary/aromatic N) is 1. The van der Waals surface area contributed by atoms with Gasteiger partial charge >= 0.3 is 5.97 Å².